The highest BCUT2D eigenvalue weighted by molar-refractivity contribution is 7.91. The van der Waals surface area contributed by atoms with Gasteiger partial charge in [-0.2, -0.15) is 0 Å². The number of sulfone groups is 2. The molecule has 0 unspecified atom stereocenters. The lowest BCUT2D eigenvalue weighted by Crippen LogP contribution is -2.24. The fourth-order valence-corrected chi connectivity index (χ4v) is 3.55. The molecule has 118 valence electrons. The van der Waals surface area contributed by atoms with Crippen molar-refractivity contribution in [1.29, 1.82) is 0 Å². The standard InChI is InChI=1S/C13H20N2O4S2/c1-20(16,17)11-5-6-12(13(9-11)21(2,18)19)15-8-7-14-10-3-4-10/h5-6,9-10,14-15H,3-4,7-8H2,1-2H3. The van der Waals surface area contributed by atoms with Crippen LogP contribution in [0.3, 0.4) is 0 Å². The molecular formula is C13H20N2O4S2. The van der Waals surface area contributed by atoms with Crippen LogP contribution in [0.4, 0.5) is 5.69 Å². The molecule has 2 rings (SSSR count). The zero-order valence-corrected chi connectivity index (χ0v) is 13.7. The Balaban J connectivity index is 2.18. The molecular weight excluding hydrogens is 312 g/mol. The van der Waals surface area contributed by atoms with Crippen LogP contribution in [0.5, 0.6) is 0 Å². The molecule has 1 fully saturated rings. The minimum atomic E-state index is -3.50. The monoisotopic (exact) mass is 332 g/mol. The Morgan fingerprint density at radius 3 is 2.24 bits per heavy atom. The van der Waals surface area contributed by atoms with Crippen LogP contribution < -0.4 is 10.6 Å². The Morgan fingerprint density at radius 1 is 1.05 bits per heavy atom. The van der Waals surface area contributed by atoms with Gasteiger partial charge in [-0.05, 0) is 31.0 Å². The van der Waals surface area contributed by atoms with E-state index in [2.05, 4.69) is 10.6 Å². The summed E-state index contributed by atoms with van der Waals surface area (Å²) in [5.41, 5.74) is 0.433. The third-order valence-corrected chi connectivity index (χ3v) is 5.48. The molecule has 1 aromatic carbocycles. The van der Waals surface area contributed by atoms with Crippen LogP contribution in [0.2, 0.25) is 0 Å². The first-order valence-electron chi connectivity index (χ1n) is 6.69. The molecule has 1 aromatic rings. The minimum absolute atomic E-state index is 0.00424. The average molecular weight is 332 g/mol. The van der Waals surface area contributed by atoms with E-state index in [9.17, 15) is 16.8 Å². The number of rotatable bonds is 7. The number of anilines is 1. The molecule has 0 bridgehead atoms. The van der Waals surface area contributed by atoms with Crippen molar-refractivity contribution in [2.45, 2.75) is 28.7 Å². The smallest absolute Gasteiger partial charge is 0.177 e. The van der Waals surface area contributed by atoms with Crippen LogP contribution in [-0.2, 0) is 19.7 Å². The maximum absolute atomic E-state index is 11.8. The summed E-state index contributed by atoms with van der Waals surface area (Å²) in [5.74, 6) is 0. The van der Waals surface area contributed by atoms with Crippen LogP contribution >= 0.6 is 0 Å². The normalized spacial score (nSPS) is 15.9. The van der Waals surface area contributed by atoms with E-state index in [0.717, 1.165) is 19.1 Å². The van der Waals surface area contributed by atoms with Crippen molar-refractivity contribution in [2.75, 3.05) is 30.9 Å². The highest BCUT2D eigenvalue weighted by Crippen LogP contribution is 2.25. The zero-order valence-electron chi connectivity index (χ0n) is 12.1. The first-order chi connectivity index (χ1) is 9.68. The summed E-state index contributed by atoms with van der Waals surface area (Å²) in [6, 6.07) is 4.72. The number of benzene rings is 1. The van der Waals surface area contributed by atoms with Gasteiger partial charge in [-0.1, -0.05) is 0 Å². The van der Waals surface area contributed by atoms with Gasteiger partial charge in [0.25, 0.3) is 0 Å². The fourth-order valence-electron chi connectivity index (χ4n) is 1.95. The van der Waals surface area contributed by atoms with Crippen molar-refractivity contribution in [1.82, 2.24) is 5.32 Å². The third-order valence-electron chi connectivity index (χ3n) is 3.23. The van der Waals surface area contributed by atoms with Gasteiger partial charge in [-0.3, -0.25) is 0 Å². The quantitative estimate of drug-likeness (QED) is 0.713. The average Bonchev–Trinajstić information content (AvgIpc) is 3.16. The predicted molar refractivity (Wildman–Crippen MR) is 82.2 cm³/mol. The minimum Gasteiger partial charge on any atom is -0.383 e. The van der Waals surface area contributed by atoms with E-state index in [1.165, 1.54) is 31.0 Å². The molecule has 21 heavy (non-hydrogen) atoms. The van der Waals surface area contributed by atoms with Gasteiger partial charge in [-0.15, -0.1) is 0 Å². The Bertz CT molecular complexity index is 723. The second-order valence-electron chi connectivity index (χ2n) is 5.36. The van der Waals surface area contributed by atoms with Crippen molar-refractivity contribution >= 4 is 25.4 Å². The van der Waals surface area contributed by atoms with Gasteiger partial charge >= 0.3 is 0 Å². The maximum Gasteiger partial charge on any atom is 0.177 e. The lowest BCUT2D eigenvalue weighted by molar-refractivity contribution is 0.600. The van der Waals surface area contributed by atoms with Gasteiger partial charge in [0.1, 0.15) is 0 Å². The third kappa shape index (κ3) is 4.69. The summed E-state index contributed by atoms with van der Waals surface area (Å²) in [6.07, 6.45) is 4.51. The number of hydrogen-bond donors (Lipinski definition) is 2. The van der Waals surface area contributed by atoms with Crippen LogP contribution in [0.1, 0.15) is 12.8 Å². The summed E-state index contributed by atoms with van der Waals surface area (Å²) in [5, 5.41) is 6.36. The summed E-state index contributed by atoms with van der Waals surface area (Å²) >= 11 is 0. The van der Waals surface area contributed by atoms with Crippen LogP contribution in [0.15, 0.2) is 28.0 Å². The molecule has 2 N–H and O–H groups in total. The van der Waals surface area contributed by atoms with Crippen LogP contribution in [-0.4, -0.2) is 48.5 Å². The molecule has 1 aliphatic carbocycles. The molecule has 0 saturated heterocycles. The molecule has 0 spiro atoms. The van der Waals surface area contributed by atoms with E-state index in [1.54, 1.807) is 0 Å². The van der Waals surface area contributed by atoms with E-state index in [0.29, 0.717) is 18.3 Å². The second kappa shape index (κ2) is 5.94. The second-order valence-corrected chi connectivity index (χ2v) is 9.36. The van der Waals surface area contributed by atoms with Gasteiger partial charge in [0.05, 0.1) is 15.5 Å². The SMILES string of the molecule is CS(=O)(=O)c1ccc(NCCNC2CC2)c(S(C)(=O)=O)c1. The van der Waals surface area contributed by atoms with E-state index >= 15 is 0 Å². The first kappa shape index (κ1) is 16.3. The molecule has 1 aliphatic rings. The maximum atomic E-state index is 11.8. The fraction of sp³-hybridized carbons (Fsp3) is 0.538. The van der Waals surface area contributed by atoms with Gasteiger partial charge < -0.3 is 10.6 Å². The topological polar surface area (TPSA) is 92.3 Å². The molecule has 0 aliphatic heterocycles. The molecule has 0 atom stereocenters. The molecule has 1 saturated carbocycles. The van der Waals surface area contributed by atoms with E-state index < -0.39 is 19.7 Å². The van der Waals surface area contributed by atoms with Crippen molar-refractivity contribution in [3.63, 3.8) is 0 Å². The highest BCUT2D eigenvalue weighted by Gasteiger charge is 2.20. The molecule has 6 nitrogen and oxygen atoms in total. The first-order valence-corrected chi connectivity index (χ1v) is 10.5. The van der Waals surface area contributed by atoms with E-state index in [4.69, 9.17) is 0 Å². The van der Waals surface area contributed by atoms with Crippen molar-refractivity contribution in [3.8, 4) is 0 Å². The molecule has 0 amide bonds. The van der Waals surface area contributed by atoms with E-state index in [1.807, 2.05) is 0 Å². The summed E-state index contributed by atoms with van der Waals surface area (Å²) in [7, 11) is -6.94. The van der Waals surface area contributed by atoms with Crippen LogP contribution in [0, 0.1) is 0 Å². The predicted octanol–water partition coefficient (Wildman–Crippen LogP) is 0.657. The summed E-state index contributed by atoms with van der Waals surface area (Å²) < 4.78 is 46.7. The van der Waals surface area contributed by atoms with Crippen molar-refractivity contribution in [2.24, 2.45) is 0 Å². The van der Waals surface area contributed by atoms with Gasteiger partial charge in [0.15, 0.2) is 19.7 Å². The summed E-state index contributed by atoms with van der Waals surface area (Å²) in [6.45, 7) is 1.32. The number of hydrogen-bond acceptors (Lipinski definition) is 6. The molecule has 8 heteroatoms. The van der Waals surface area contributed by atoms with Gasteiger partial charge in [0.2, 0.25) is 0 Å². The van der Waals surface area contributed by atoms with Crippen molar-refractivity contribution < 1.29 is 16.8 Å². The Hall–Kier alpha value is -1.12. The van der Waals surface area contributed by atoms with E-state index in [-0.39, 0.29) is 9.79 Å². The van der Waals surface area contributed by atoms with Gasteiger partial charge in [-0.25, -0.2) is 16.8 Å². The molecule has 0 radical (unpaired) electrons. The molecule has 0 heterocycles. The Morgan fingerprint density at radius 2 is 1.71 bits per heavy atom. The lowest BCUT2D eigenvalue weighted by Gasteiger charge is -2.12. The van der Waals surface area contributed by atoms with Gasteiger partial charge in [0, 0.05) is 31.6 Å². The van der Waals surface area contributed by atoms with Crippen LogP contribution in [0.25, 0.3) is 0 Å². The van der Waals surface area contributed by atoms with Crippen molar-refractivity contribution in [3.05, 3.63) is 18.2 Å². The largest absolute Gasteiger partial charge is 0.383 e. The number of nitrogens with one attached hydrogen (secondary N) is 2. The lowest BCUT2D eigenvalue weighted by atomic mass is 10.3. The summed E-state index contributed by atoms with van der Waals surface area (Å²) in [4.78, 5) is 0.0152. The Kier molecular flexibility index (Phi) is 4.60. The molecule has 0 aromatic heterocycles. The zero-order chi connectivity index (χ0) is 15.7. The highest BCUT2D eigenvalue weighted by atomic mass is 32.2. The Labute approximate surface area is 125 Å².